The minimum absolute atomic E-state index is 0. The Morgan fingerprint density at radius 1 is 1.37 bits per heavy atom. The molecule has 0 unspecified atom stereocenters. The van der Waals surface area contributed by atoms with E-state index in [4.69, 9.17) is 10.5 Å². The molecular formula is C12H24ClN3O3. The van der Waals surface area contributed by atoms with Crippen molar-refractivity contribution in [2.45, 2.75) is 38.3 Å². The summed E-state index contributed by atoms with van der Waals surface area (Å²) in [6.45, 7) is 5.15. The van der Waals surface area contributed by atoms with Gasteiger partial charge in [-0.05, 0) is 39.8 Å². The number of hydrogen-bond acceptors (Lipinski definition) is 4. The molecular weight excluding hydrogens is 270 g/mol. The third-order valence-electron chi connectivity index (χ3n) is 3.40. The normalized spacial score (nSPS) is 17.7. The molecule has 1 saturated heterocycles. The molecule has 1 fully saturated rings. The van der Waals surface area contributed by atoms with Gasteiger partial charge in [-0.25, -0.2) is 0 Å². The highest BCUT2D eigenvalue weighted by molar-refractivity contribution is 5.89. The molecule has 1 heterocycles. The minimum atomic E-state index is -0.815. The predicted molar refractivity (Wildman–Crippen MR) is 75.1 cm³/mol. The van der Waals surface area contributed by atoms with Crippen molar-refractivity contribution in [3.8, 4) is 0 Å². The first-order chi connectivity index (χ1) is 8.43. The first-order valence-electron chi connectivity index (χ1n) is 6.28. The van der Waals surface area contributed by atoms with Crippen molar-refractivity contribution in [3.63, 3.8) is 0 Å². The van der Waals surface area contributed by atoms with Gasteiger partial charge in [0.15, 0.2) is 0 Å². The quantitative estimate of drug-likeness (QED) is 0.741. The van der Waals surface area contributed by atoms with Crippen molar-refractivity contribution < 1.29 is 14.3 Å². The lowest BCUT2D eigenvalue weighted by molar-refractivity contribution is -0.161. The number of hydrogen-bond donors (Lipinski definition) is 2. The first kappa shape index (κ1) is 18.1. The smallest absolute Gasteiger partial charge is 0.255 e. The van der Waals surface area contributed by atoms with Crippen LogP contribution in [0.5, 0.6) is 0 Å². The van der Waals surface area contributed by atoms with Gasteiger partial charge >= 0.3 is 0 Å². The summed E-state index contributed by atoms with van der Waals surface area (Å²) in [4.78, 5) is 25.2. The second kappa shape index (κ2) is 7.67. The molecule has 0 bridgehead atoms. The SMILES string of the molecule is COC1(C(=O)N(CC(N)=O)C(C)C)CCNCC1.Cl. The van der Waals surface area contributed by atoms with Gasteiger partial charge in [-0.15, -0.1) is 12.4 Å². The van der Waals surface area contributed by atoms with Crippen molar-refractivity contribution in [1.29, 1.82) is 0 Å². The average Bonchev–Trinajstić information content (AvgIpc) is 2.35. The molecule has 0 aromatic rings. The third kappa shape index (κ3) is 4.33. The largest absolute Gasteiger partial charge is 0.368 e. The first-order valence-corrected chi connectivity index (χ1v) is 6.28. The lowest BCUT2D eigenvalue weighted by atomic mass is 9.90. The molecule has 0 atom stereocenters. The van der Waals surface area contributed by atoms with E-state index in [1.807, 2.05) is 13.8 Å². The molecule has 0 radical (unpaired) electrons. The van der Waals surface area contributed by atoms with E-state index < -0.39 is 11.5 Å². The number of nitrogens with zero attached hydrogens (tertiary/aromatic N) is 1. The Morgan fingerprint density at radius 3 is 2.26 bits per heavy atom. The zero-order valence-corrected chi connectivity index (χ0v) is 12.6. The number of nitrogens with two attached hydrogens (primary N) is 1. The number of nitrogens with one attached hydrogen (secondary N) is 1. The number of halogens is 1. The summed E-state index contributed by atoms with van der Waals surface area (Å²) in [6.07, 6.45) is 1.23. The molecule has 0 aromatic carbocycles. The van der Waals surface area contributed by atoms with Crippen LogP contribution < -0.4 is 11.1 Å². The van der Waals surface area contributed by atoms with Crippen LogP contribution in [0.25, 0.3) is 0 Å². The molecule has 19 heavy (non-hydrogen) atoms. The molecule has 112 valence electrons. The summed E-state index contributed by atoms with van der Waals surface area (Å²) < 4.78 is 5.47. The molecule has 1 aliphatic heterocycles. The summed E-state index contributed by atoms with van der Waals surface area (Å²) in [7, 11) is 1.55. The Morgan fingerprint density at radius 2 is 1.89 bits per heavy atom. The number of ether oxygens (including phenoxy) is 1. The highest BCUT2D eigenvalue weighted by atomic mass is 35.5. The van der Waals surface area contributed by atoms with Gasteiger partial charge in [-0.2, -0.15) is 0 Å². The number of methoxy groups -OCH3 is 1. The molecule has 1 rings (SSSR count). The van der Waals surface area contributed by atoms with Gasteiger partial charge in [-0.1, -0.05) is 0 Å². The van der Waals surface area contributed by atoms with Crippen LogP contribution in [0.3, 0.4) is 0 Å². The molecule has 1 aliphatic rings. The molecule has 6 nitrogen and oxygen atoms in total. The van der Waals surface area contributed by atoms with Crippen LogP contribution in [0, 0.1) is 0 Å². The summed E-state index contributed by atoms with van der Waals surface area (Å²) in [5.74, 6) is -0.641. The van der Waals surface area contributed by atoms with Gasteiger partial charge in [-0.3, -0.25) is 9.59 Å². The molecule has 0 spiro atoms. The molecule has 3 N–H and O–H groups in total. The second-order valence-corrected chi connectivity index (χ2v) is 4.94. The lowest BCUT2D eigenvalue weighted by Gasteiger charge is -2.40. The maximum absolute atomic E-state index is 12.6. The van der Waals surface area contributed by atoms with Crippen molar-refractivity contribution in [3.05, 3.63) is 0 Å². The highest BCUT2D eigenvalue weighted by Crippen LogP contribution is 2.25. The van der Waals surface area contributed by atoms with Crippen LogP contribution in [0.2, 0.25) is 0 Å². The Hall–Kier alpha value is -0.850. The highest BCUT2D eigenvalue weighted by Gasteiger charge is 2.43. The Bertz CT molecular complexity index is 317. The Labute approximate surface area is 120 Å². The fraction of sp³-hybridized carbons (Fsp3) is 0.833. The fourth-order valence-corrected chi connectivity index (χ4v) is 2.25. The van der Waals surface area contributed by atoms with E-state index in [1.165, 1.54) is 4.90 Å². The molecule has 0 aromatic heterocycles. The molecule has 2 amide bonds. The van der Waals surface area contributed by atoms with Crippen molar-refractivity contribution in [1.82, 2.24) is 10.2 Å². The van der Waals surface area contributed by atoms with Crippen LogP contribution in [0.1, 0.15) is 26.7 Å². The van der Waals surface area contributed by atoms with Crippen molar-refractivity contribution in [2.75, 3.05) is 26.7 Å². The van der Waals surface area contributed by atoms with E-state index in [0.29, 0.717) is 12.8 Å². The lowest BCUT2D eigenvalue weighted by Crippen LogP contribution is -2.58. The number of primary amides is 1. The topological polar surface area (TPSA) is 84.7 Å². The van der Waals surface area contributed by atoms with E-state index in [1.54, 1.807) is 7.11 Å². The maximum Gasteiger partial charge on any atom is 0.255 e. The van der Waals surface area contributed by atoms with Gasteiger partial charge in [0, 0.05) is 13.2 Å². The molecule has 0 aliphatic carbocycles. The van der Waals surface area contributed by atoms with E-state index in [9.17, 15) is 9.59 Å². The molecule has 7 heteroatoms. The summed E-state index contributed by atoms with van der Waals surface area (Å²) in [6, 6.07) is -0.0769. The fourth-order valence-electron chi connectivity index (χ4n) is 2.25. The van der Waals surface area contributed by atoms with Crippen LogP contribution in [-0.4, -0.2) is 55.1 Å². The standard InChI is InChI=1S/C12H23N3O3.ClH/c1-9(2)15(8-10(13)16)11(17)12(18-3)4-6-14-7-5-12;/h9,14H,4-8H2,1-3H3,(H2,13,16);1H. The van der Waals surface area contributed by atoms with E-state index in [-0.39, 0.29) is 30.9 Å². The van der Waals surface area contributed by atoms with Crippen LogP contribution >= 0.6 is 12.4 Å². The summed E-state index contributed by atoms with van der Waals surface area (Å²) in [5, 5.41) is 3.20. The number of amides is 2. The monoisotopic (exact) mass is 293 g/mol. The van der Waals surface area contributed by atoms with E-state index in [0.717, 1.165) is 13.1 Å². The zero-order chi connectivity index (χ0) is 13.8. The number of carbonyl (C=O) groups is 2. The average molecular weight is 294 g/mol. The Balaban J connectivity index is 0.00000324. The number of carbonyl (C=O) groups excluding carboxylic acids is 2. The van der Waals surface area contributed by atoms with E-state index in [2.05, 4.69) is 5.32 Å². The van der Waals surface area contributed by atoms with Crippen LogP contribution in [0.4, 0.5) is 0 Å². The molecule has 0 saturated carbocycles. The van der Waals surface area contributed by atoms with Gasteiger partial charge < -0.3 is 20.7 Å². The van der Waals surface area contributed by atoms with Crippen LogP contribution in [-0.2, 0) is 14.3 Å². The maximum atomic E-state index is 12.6. The zero-order valence-electron chi connectivity index (χ0n) is 11.8. The van der Waals surface area contributed by atoms with Gasteiger partial charge in [0.25, 0.3) is 5.91 Å². The van der Waals surface area contributed by atoms with Crippen molar-refractivity contribution in [2.24, 2.45) is 5.73 Å². The van der Waals surface area contributed by atoms with E-state index >= 15 is 0 Å². The second-order valence-electron chi connectivity index (χ2n) is 4.94. The third-order valence-corrected chi connectivity index (χ3v) is 3.40. The summed E-state index contributed by atoms with van der Waals surface area (Å²) >= 11 is 0. The summed E-state index contributed by atoms with van der Waals surface area (Å²) in [5.41, 5.74) is 4.38. The van der Waals surface area contributed by atoms with Gasteiger partial charge in [0.2, 0.25) is 5.91 Å². The number of piperidine rings is 1. The minimum Gasteiger partial charge on any atom is -0.368 e. The Kier molecular flexibility index (Phi) is 7.33. The predicted octanol–water partition coefficient (Wildman–Crippen LogP) is -0.101. The number of rotatable bonds is 5. The van der Waals surface area contributed by atoms with Crippen molar-refractivity contribution >= 4 is 24.2 Å². The van der Waals surface area contributed by atoms with Crippen LogP contribution in [0.15, 0.2) is 0 Å². The van der Waals surface area contributed by atoms with Gasteiger partial charge in [0.05, 0.1) is 6.54 Å². The van der Waals surface area contributed by atoms with Gasteiger partial charge in [0.1, 0.15) is 5.60 Å².